The molecule has 1 aromatic carbocycles. The summed E-state index contributed by atoms with van der Waals surface area (Å²) in [5.74, 6) is 1.09. The van der Waals surface area contributed by atoms with Crippen LogP contribution in [0.4, 0.5) is 0 Å². The molecule has 4 aromatic rings. The predicted molar refractivity (Wildman–Crippen MR) is 93.8 cm³/mol. The second-order valence-corrected chi connectivity index (χ2v) is 6.12. The van der Waals surface area contributed by atoms with Gasteiger partial charge in [0, 0.05) is 23.8 Å². The van der Waals surface area contributed by atoms with Crippen LogP contribution in [0.2, 0.25) is 0 Å². The number of rotatable bonds is 3. The number of H-pyrrole nitrogens is 1. The number of hydrogen-bond acceptors (Lipinski definition) is 2. The minimum Gasteiger partial charge on any atom is -0.361 e. The number of nitrogens with one attached hydrogen (secondary N) is 1. The first-order valence-electron chi connectivity index (χ1n) is 8.05. The van der Waals surface area contributed by atoms with Crippen molar-refractivity contribution in [3.63, 3.8) is 0 Å². The molecule has 4 rings (SSSR count). The number of nitrogens with zero attached hydrogens (tertiary/aromatic N) is 3. The average molecular weight is 304 g/mol. The predicted octanol–water partition coefficient (Wildman–Crippen LogP) is 4.14. The van der Waals surface area contributed by atoms with Crippen molar-refractivity contribution in [1.29, 1.82) is 0 Å². The van der Waals surface area contributed by atoms with E-state index < -0.39 is 0 Å². The van der Waals surface area contributed by atoms with E-state index in [2.05, 4.69) is 53.7 Å². The van der Waals surface area contributed by atoms with E-state index in [-0.39, 0.29) is 0 Å². The van der Waals surface area contributed by atoms with Crippen molar-refractivity contribution in [1.82, 2.24) is 19.5 Å². The van der Waals surface area contributed by atoms with E-state index in [1.807, 2.05) is 13.1 Å². The van der Waals surface area contributed by atoms with E-state index in [9.17, 15) is 0 Å². The topological polar surface area (TPSA) is 46.5 Å². The Bertz CT molecular complexity index is 1010. The molecule has 0 fully saturated rings. The molecule has 0 bridgehead atoms. The number of aromatic amines is 1. The Labute approximate surface area is 135 Å². The maximum Gasteiger partial charge on any atom is 0.160 e. The van der Waals surface area contributed by atoms with E-state index in [1.165, 1.54) is 22.0 Å². The molecule has 0 amide bonds. The fourth-order valence-corrected chi connectivity index (χ4v) is 3.27. The lowest BCUT2D eigenvalue weighted by atomic mass is 10.1. The molecular weight excluding hydrogens is 284 g/mol. The third-order valence-electron chi connectivity index (χ3n) is 4.38. The summed E-state index contributed by atoms with van der Waals surface area (Å²) in [6.45, 7) is 7.10. The number of hydrogen-bond donors (Lipinski definition) is 1. The molecule has 0 unspecified atom stereocenters. The van der Waals surface area contributed by atoms with Gasteiger partial charge in [0.05, 0.1) is 6.54 Å². The third-order valence-corrected chi connectivity index (χ3v) is 4.38. The van der Waals surface area contributed by atoms with E-state index >= 15 is 0 Å². The van der Waals surface area contributed by atoms with Crippen molar-refractivity contribution in [2.24, 2.45) is 0 Å². The van der Waals surface area contributed by atoms with Crippen molar-refractivity contribution in [2.45, 2.75) is 33.7 Å². The van der Waals surface area contributed by atoms with Crippen LogP contribution in [-0.4, -0.2) is 19.5 Å². The summed E-state index contributed by atoms with van der Waals surface area (Å²) >= 11 is 0. The zero-order valence-corrected chi connectivity index (χ0v) is 13.7. The smallest absolute Gasteiger partial charge is 0.160 e. The van der Waals surface area contributed by atoms with Crippen molar-refractivity contribution in [3.8, 4) is 0 Å². The Balaban J connectivity index is 1.86. The number of pyridine rings is 1. The van der Waals surface area contributed by atoms with Gasteiger partial charge in [-0.15, -0.1) is 0 Å². The van der Waals surface area contributed by atoms with Crippen LogP contribution in [-0.2, 0) is 13.0 Å². The molecule has 4 heteroatoms. The number of benzene rings is 1. The fourth-order valence-electron chi connectivity index (χ4n) is 3.27. The van der Waals surface area contributed by atoms with E-state index in [1.54, 1.807) is 0 Å². The summed E-state index contributed by atoms with van der Waals surface area (Å²) < 4.78 is 2.25. The van der Waals surface area contributed by atoms with Crippen LogP contribution in [0.3, 0.4) is 0 Å². The van der Waals surface area contributed by atoms with Crippen LogP contribution in [0.15, 0.2) is 36.5 Å². The number of aryl methyl sites for hydroxylation is 3. The van der Waals surface area contributed by atoms with Crippen LogP contribution in [0, 0.1) is 13.8 Å². The summed E-state index contributed by atoms with van der Waals surface area (Å²) in [4.78, 5) is 12.8. The highest BCUT2D eigenvalue weighted by atomic mass is 15.1. The molecule has 0 saturated heterocycles. The van der Waals surface area contributed by atoms with Gasteiger partial charge in [0.25, 0.3) is 0 Å². The number of fused-ring (bicyclic) bond motifs is 2. The summed E-state index contributed by atoms with van der Waals surface area (Å²) in [6, 6.07) is 10.8. The molecule has 3 heterocycles. The van der Waals surface area contributed by atoms with Gasteiger partial charge < -0.3 is 9.55 Å². The molecule has 3 aromatic heterocycles. The quantitative estimate of drug-likeness (QED) is 0.618. The highest BCUT2D eigenvalue weighted by Crippen LogP contribution is 2.22. The normalized spacial score (nSPS) is 11.6. The summed E-state index contributed by atoms with van der Waals surface area (Å²) in [7, 11) is 0. The van der Waals surface area contributed by atoms with Crippen molar-refractivity contribution in [2.75, 3.05) is 0 Å². The lowest BCUT2D eigenvalue weighted by molar-refractivity contribution is 0.746. The zero-order valence-electron chi connectivity index (χ0n) is 13.7. The number of aromatic nitrogens is 4. The molecule has 0 radical (unpaired) electrons. The molecule has 0 atom stereocenters. The lowest BCUT2D eigenvalue weighted by Crippen LogP contribution is -2.05. The molecule has 4 nitrogen and oxygen atoms in total. The highest BCUT2D eigenvalue weighted by Gasteiger charge is 2.13. The zero-order chi connectivity index (χ0) is 16.0. The fraction of sp³-hybridized carbons (Fsp3) is 0.263. The second-order valence-electron chi connectivity index (χ2n) is 6.12. The molecule has 0 saturated carbocycles. The maximum atomic E-state index is 4.81. The SMILES string of the molecule is CCc1nc2c(C)cc(C)nc2n1Cc1ccc2[nH]ccc2c1. The van der Waals surface area contributed by atoms with Gasteiger partial charge >= 0.3 is 0 Å². The van der Waals surface area contributed by atoms with E-state index in [0.29, 0.717) is 0 Å². The summed E-state index contributed by atoms with van der Waals surface area (Å²) in [5.41, 5.74) is 6.70. The minimum absolute atomic E-state index is 0.802. The van der Waals surface area contributed by atoms with Crippen molar-refractivity contribution in [3.05, 3.63) is 59.2 Å². The van der Waals surface area contributed by atoms with Crippen molar-refractivity contribution < 1.29 is 0 Å². The Morgan fingerprint density at radius 1 is 1.09 bits per heavy atom. The first-order valence-corrected chi connectivity index (χ1v) is 8.05. The molecule has 0 aliphatic rings. The van der Waals surface area contributed by atoms with Gasteiger partial charge in [-0.3, -0.25) is 0 Å². The van der Waals surface area contributed by atoms with Gasteiger partial charge in [0.1, 0.15) is 11.3 Å². The van der Waals surface area contributed by atoms with Crippen LogP contribution < -0.4 is 0 Å². The molecule has 0 spiro atoms. The first kappa shape index (κ1) is 14.0. The van der Waals surface area contributed by atoms with Gasteiger partial charge in [-0.05, 0) is 54.6 Å². The Kier molecular flexibility index (Phi) is 3.18. The molecule has 1 N–H and O–H groups in total. The minimum atomic E-state index is 0.802. The van der Waals surface area contributed by atoms with Crippen molar-refractivity contribution >= 4 is 22.1 Å². The van der Waals surface area contributed by atoms with Crippen LogP contribution in [0.1, 0.15) is 29.6 Å². The first-order chi connectivity index (χ1) is 11.2. The number of imidazole rings is 1. The van der Waals surface area contributed by atoms with Gasteiger partial charge in [-0.25, -0.2) is 9.97 Å². The van der Waals surface area contributed by atoms with Crippen LogP contribution in [0.5, 0.6) is 0 Å². The third kappa shape index (κ3) is 2.31. The maximum absolute atomic E-state index is 4.81. The average Bonchev–Trinajstić information content (AvgIpc) is 3.12. The summed E-state index contributed by atoms with van der Waals surface area (Å²) in [6.07, 6.45) is 2.88. The molecule has 0 aliphatic carbocycles. The largest absolute Gasteiger partial charge is 0.361 e. The lowest BCUT2D eigenvalue weighted by Gasteiger charge is -2.09. The highest BCUT2D eigenvalue weighted by molar-refractivity contribution is 5.80. The van der Waals surface area contributed by atoms with E-state index in [0.717, 1.165) is 35.6 Å². The summed E-state index contributed by atoms with van der Waals surface area (Å²) in [5, 5.41) is 1.24. The van der Waals surface area contributed by atoms with Gasteiger partial charge in [-0.1, -0.05) is 13.0 Å². The van der Waals surface area contributed by atoms with Crippen LogP contribution >= 0.6 is 0 Å². The Morgan fingerprint density at radius 2 is 1.96 bits per heavy atom. The molecular formula is C19H20N4. The van der Waals surface area contributed by atoms with Gasteiger partial charge in [-0.2, -0.15) is 0 Å². The Morgan fingerprint density at radius 3 is 2.78 bits per heavy atom. The van der Waals surface area contributed by atoms with Crippen LogP contribution in [0.25, 0.3) is 22.1 Å². The molecule has 116 valence electrons. The van der Waals surface area contributed by atoms with Gasteiger partial charge in [0.2, 0.25) is 0 Å². The monoisotopic (exact) mass is 304 g/mol. The van der Waals surface area contributed by atoms with Gasteiger partial charge in [0.15, 0.2) is 5.65 Å². The second kappa shape index (κ2) is 5.23. The molecule has 0 aliphatic heterocycles. The Hall–Kier alpha value is -2.62. The standard InChI is InChI=1S/C19H20N4/c1-4-17-22-18-12(2)9-13(3)21-19(18)23(17)11-14-5-6-16-15(10-14)7-8-20-16/h5-10,20H,4,11H2,1-3H3. The molecule has 23 heavy (non-hydrogen) atoms. The van der Waals surface area contributed by atoms with E-state index in [4.69, 9.17) is 9.97 Å².